The van der Waals surface area contributed by atoms with Crippen LogP contribution in [0.3, 0.4) is 0 Å². The highest BCUT2D eigenvalue weighted by Crippen LogP contribution is 2.32. The van der Waals surface area contributed by atoms with E-state index in [1.807, 2.05) is 6.07 Å². The van der Waals surface area contributed by atoms with E-state index < -0.39 is 11.6 Å². The van der Waals surface area contributed by atoms with Crippen molar-refractivity contribution in [1.82, 2.24) is 19.6 Å². The number of likely N-dealkylation sites (N-methyl/N-ethyl adjacent to an activating group) is 1. The normalized spacial score (nSPS) is 15.0. The van der Waals surface area contributed by atoms with Crippen LogP contribution in [-0.2, 0) is 6.54 Å². The van der Waals surface area contributed by atoms with Crippen LogP contribution in [0.1, 0.15) is 11.1 Å². The van der Waals surface area contributed by atoms with Crippen molar-refractivity contribution >= 4 is 0 Å². The molecule has 4 nitrogen and oxygen atoms in total. The van der Waals surface area contributed by atoms with Crippen LogP contribution in [0.4, 0.5) is 13.2 Å². The van der Waals surface area contributed by atoms with Gasteiger partial charge in [-0.1, -0.05) is 36.4 Å². The van der Waals surface area contributed by atoms with Gasteiger partial charge in [-0.3, -0.25) is 4.90 Å². The van der Waals surface area contributed by atoms with E-state index in [4.69, 9.17) is 0 Å². The Balaban J connectivity index is 1.53. The second-order valence-corrected chi connectivity index (χ2v) is 9.09. The first kappa shape index (κ1) is 23.3. The predicted molar refractivity (Wildman–Crippen MR) is 132 cm³/mol. The molecule has 4 aromatic rings. The van der Waals surface area contributed by atoms with E-state index in [1.165, 1.54) is 13.0 Å². The summed E-state index contributed by atoms with van der Waals surface area (Å²) in [5.74, 6) is -2.02. The molecule has 0 radical (unpaired) electrons. The van der Waals surface area contributed by atoms with E-state index in [0.717, 1.165) is 31.7 Å². The van der Waals surface area contributed by atoms with Crippen LogP contribution in [0, 0.1) is 24.4 Å². The Labute approximate surface area is 203 Å². The van der Waals surface area contributed by atoms with Crippen LogP contribution < -0.4 is 0 Å². The van der Waals surface area contributed by atoms with Gasteiger partial charge in [0.1, 0.15) is 5.82 Å². The lowest BCUT2D eigenvalue weighted by atomic mass is 10.0. The summed E-state index contributed by atoms with van der Waals surface area (Å²) in [4.78, 5) is 4.64. The number of aromatic nitrogens is 2. The van der Waals surface area contributed by atoms with Crippen LogP contribution in [0.25, 0.3) is 28.1 Å². The molecule has 3 aromatic carbocycles. The van der Waals surface area contributed by atoms with Crippen LogP contribution in [-0.4, -0.2) is 52.8 Å². The minimum Gasteiger partial charge on any atom is -0.304 e. The average molecular weight is 477 g/mol. The Morgan fingerprint density at radius 3 is 2.23 bits per heavy atom. The molecule has 2 heterocycles. The fraction of sp³-hybridized carbons (Fsp3) is 0.250. The quantitative estimate of drug-likeness (QED) is 0.371. The first-order valence-electron chi connectivity index (χ1n) is 11.7. The molecule has 1 aliphatic heterocycles. The maximum Gasteiger partial charge on any atom is 0.166 e. The number of halogens is 3. The van der Waals surface area contributed by atoms with Gasteiger partial charge in [0.2, 0.25) is 0 Å². The van der Waals surface area contributed by atoms with E-state index in [0.29, 0.717) is 29.1 Å². The minimum atomic E-state index is -0.863. The van der Waals surface area contributed by atoms with Gasteiger partial charge in [-0.2, -0.15) is 5.10 Å². The zero-order chi connectivity index (χ0) is 24.5. The second kappa shape index (κ2) is 9.68. The molecule has 0 bridgehead atoms. The van der Waals surface area contributed by atoms with Crippen LogP contribution >= 0.6 is 0 Å². The molecule has 35 heavy (non-hydrogen) atoms. The number of rotatable bonds is 5. The first-order chi connectivity index (χ1) is 16.9. The van der Waals surface area contributed by atoms with Gasteiger partial charge in [0, 0.05) is 49.4 Å². The first-order valence-corrected chi connectivity index (χ1v) is 11.7. The van der Waals surface area contributed by atoms with Crippen molar-refractivity contribution < 1.29 is 13.2 Å². The molecule has 0 spiro atoms. The number of hydrogen-bond donors (Lipinski definition) is 0. The van der Waals surface area contributed by atoms with Gasteiger partial charge in [0.05, 0.1) is 17.6 Å². The SMILES string of the molecule is Cc1ccc(-c2ccc(-n3ncc(CN4CCN(C)CC4)c3-c3ccccc3F)cc2)c(F)c1F. The van der Waals surface area contributed by atoms with Crippen LogP contribution in [0.2, 0.25) is 0 Å². The molecule has 1 aliphatic rings. The summed E-state index contributed by atoms with van der Waals surface area (Å²) in [7, 11) is 2.11. The Kier molecular flexibility index (Phi) is 6.45. The fourth-order valence-electron chi connectivity index (χ4n) is 4.53. The zero-order valence-corrected chi connectivity index (χ0v) is 19.8. The van der Waals surface area contributed by atoms with Gasteiger partial charge >= 0.3 is 0 Å². The smallest absolute Gasteiger partial charge is 0.166 e. The maximum absolute atomic E-state index is 14.9. The monoisotopic (exact) mass is 476 g/mol. The molecule has 0 unspecified atom stereocenters. The lowest BCUT2D eigenvalue weighted by molar-refractivity contribution is 0.148. The van der Waals surface area contributed by atoms with Crippen molar-refractivity contribution in [3.63, 3.8) is 0 Å². The molecule has 0 amide bonds. The Bertz CT molecular complexity index is 1340. The van der Waals surface area contributed by atoms with Crippen molar-refractivity contribution in [2.45, 2.75) is 13.5 Å². The van der Waals surface area contributed by atoms with Crippen molar-refractivity contribution in [1.29, 1.82) is 0 Å². The number of nitrogens with zero attached hydrogens (tertiary/aromatic N) is 4. The van der Waals surface area contributed by atoms with E-state index in [-0.39, 0.29) is 16.9 Å². The molecule has 0 N–H and O–H groups in total. The molecule has 180 valence electrons. The van der Waals surface area contributed by atoms with Crippen LogP contribution in [0.15, 0.2) is 66.9 Å². The highest BCUT2D eigenvalue weighted by molar-refractivity contribution is 5.69. The van der Waals surface area contributed by atoms with Gasteiger partial charge in [-0.15, -0.1) is 0 Å². The standard InChI is InChI=1S/C28H27F3N4/c1-19-7-12-23(27(31)26(19)30)20-8-10-22(11-9-20)35-28(24-5-3-4-6-25(24)29)21(17-32-35)18-34-15-13-33(2)14-16-34/h3-12,17H,13-16,18H2,1-2H3. The van der Waals surface area contributed by atoms with Gasteiger partial charge in [-0.25, -0.2) is 17.9 Å². The van der Waals surface area contributed by atoms with E-state index in [1.54, 1.807) is 59.4 Å². The number of hydrogen-bond acceptors (Lipinski definition) is 3. The highest BCUT2D eigenvalue weighted by Gasteiger charge is 2.21. The summed E-state index contributed by atoms with van der Waals surface area (Å²) in [5, 5.41) is 4.61. The second-order valence-electron chi connectivity index (χ2n) is 9.09. The molecule has 0 atom stereocenters. The molecule has 1 fully saturated rings. The summed E-state index contributed by atoms with van der Waals surface area (Å²) >= 11 is 0. The van der Waals surface area contributed by atoms with E-state index in [2.05, 4.69) is 21.9 Å². The van der Waals surface area contributed by atoms with Gasteiger partial charge in [0.15, 0.2) is 11.6 Å². The molecule has 1 aromatic heterocycles. The summed E-state index contributed by atoms with van der Waals surface area (Å²) in [5.41, 5.74) is 3.85. The lowest BCUT2D eigenvalue weighted by Gasteiger charge is -2.32. The number of aryl methyl sites for hydroxylation is 1. The topological polar surface area (TPSA) is 24.3 Å². The predicted octanol–water partition coefficient (Wildman–Crippen LogP) is 5.68. The maximum atomic E-state index is 14.9. The molecule has 1 saturated heterocycles. The summed E-state index contributed by atoms with van der Waals surface area (Å²) < 4.78 is 45.2. The number of piperazine rings is 1. The molecule has 0 saturated carbocycles. The Morgan fingerprint density at radius 1 is 0.800 bits per heavy atom. The Morgan fingerprint density at radius 2 is 1.51 bits per heavy atom. The Hall–Kier alpha value is -3.42. The van der Waals surface area contributed by atoms with Crippen molar-refractivity contribution in [2.24, 2.45) is 0 Å². The number of benzene rings is 3. The third kappa shape index (κ3) is 4.61. The third-order valence-corrected chi connectivity index (χ3v) is 6.66. The molecular weight excluding hydrogens is 449 g/mol. The van der Waals surface area contributed by atoms with E-state index in [9.17, 15) is 13.2 Å². The van der Waals surface area contributed by atoms with Gasteiger partial charge in [-0.05, 0) is 49.4 Å². The van der Waals surface area contributed by atoms with Crippen molar-refractivity contribution in [3.05, 3.63) is 95.4 Å². The van der Waals surface area contributed by atoms with Crippen molar-refractivity contribution in [3.8, 4) is 28.1 Å². The average Bonchev–Trinajstić information content (AvgIpc) is 3.28. The third-order valence-electron chi connectivity index (χ3n) is 6.66. The zero-order valence-electron chi connectivity index (χ0n) is 19.8. The largest absolute Gasteiger partial charge is 0.304 e. The van der Waals surface area contributed by atoms with Gasteiger partial charge in [0.25, 0.3) is 0 Å². The molecule has 7 heteroatoms. The molecule has 0 aliphatic carbocycles. The summed E-state index contributed by atoms with van der Waals surface area (Å²) in [6, 6.07) is 16.9. The van der Waals surface area contributed by atoms with Crippen LogP contribution in [0.5, 0.6) is 0 Å². The molecular formula is C28H27F3N4. The van der Waals surface area contributed by atoms with Gasteiger partial charge < -0.3 is 4.90 Å². The summed E-state index contributed by atoms with van der Waals surface area (Å²) in [6.45, 7) is 6.05. The summed E-state index contributed by atoms with van der Waals surface area (Å²) in [6.07, 6.45) is 1.79. The highest BCUT2D eigenvalue weighted by atomic mass is 19.2. The van der Waals surface area contributed by atoms with E-state index >= 15 is 0 Å². The fourth-order valence-corrected chi connectivity index (χ4v) is 4.53. The lowest BCUT2D eigenvalue weighted by Crippen LogP contribution is -2.43. The minimum absolute atomic E-state index is 0.199. The van der Waals surface area contributed by atoms with Crippen molar-refractivity contribution in [2.75, 3.05) is 33.2 Å². The molecule has 5 rings (SSSR count).